The number of halogens is 1. The van der Waals surface area contributed by atoms with Crippen LogP contribution in [0, 0.1) is 12.3 Å². The van der Waals surface area contributed by atoms with E-state index in [0.717, 1.165) is 5.56 Å². The lowest BCUT2D eigenvalue weighted by Gasteiger charge is -2.06. The first-order chi connectivity index (χ1) is 6.09. The summed E-state index contributed by atoms with van der Waals surface area (Å²) in [5.41, 5.74) is 6.21. The highest BCUT2D eigenvalue weighted by Gasteiger charge is 2.01. The van der Waals surface area contributed by atoms with Crippen LogP contribution in [-0.2, 0) is 0 Å². The van der Waals surface area contributed by atoms with Crippen LogP contribution in [0.25, 0.3) is 0 Å². The van der Waals surface area contributed by atoms with Gasteiger partial charge in [0.1, 0.15) is 18.2 Å². The number of hydrogen-bond donors (Lipinski definition) is 2. The molecular formula is C9H11ClN2O. The van der Waals surface area contributed by atoms with E-state index in [4.69, 9.17) is 27.5 Å². The van der Waals surface area contributed by atoms with Gasteiger partial charge in [0, 0.05) is 0 Å². The van der Waals surface area contributed by atoms with Gasteiger partial charge in [0.25, 0.3) is 0 Å². The van der Waals surface area contributed by atoms with Crippen LogP contribution in [0.3, 0.4) is 0 Å². The van der Waals surface area contributed by atoms with E-state index in [0.29, 0.717) is 10.8 Å². The first-order valence-corrected chi connectivity index (χ1v) is 4.19. The minimum absolute atomic E-state index is 0.0170. The summed E-state index contributed by atoms with van der Waals surface area (Å²) >= 11 is 5.88. The van der Waals surface area contributed by atoms with Crippen LogP contribution in [-0.4, -0.2) is 12.4 Å². The highest BCUT2D eigenvalue weighted by molar-refractivity contribution is 6.32. The third-order valence-corrected chi connectivity index (χ3v) is 1.77. The van der Waals surface area contributed by atoms with Gasteiger partial charge in [-0.15, -0.1) is 0 Å². The fourth-order valence-corrected chi connectivity index (χ4v) is 1.17. The maximum atomic E-state index is 6.97. The Morgan fingerprint density at radius 1 is 1.62 bits per heavy atom. The van der Waals surface area contributed by atoms with Gasteiger partial charge in [-0.2, -0.15) is 0 Å². The molecule has 4 heteroatoms. The summed E-state index contributed by atoms with van der Waals surface area (Å²) in [5, 5.41) is 7.51. The molecule has 0 radical (unpaired) electrons. The van der Waals surface area contributed by atoms with Crippen LogP contribution in [0.1, 0.15) is 5.56 Å². The standard InChI is InChI=1S/C9H11ClN2O/c1-6-2-3-8(7(10)4-6)13-5-9(11)12/h2-4H,5H2,1H3,(H3,11,12). The predicted octanol–water partition coefficient (Wildman–Crippen LogP) is 1.96. The molecule has 0 saturated heterocycles. The number of rotatable bonds is 3. The molecule has 3 nitrogen and oxygen atoms in total. The van der Waals surface area contributed by atoms with Gasteiger partial charge >= 0.3 is 0 Å². The molecule has 0 fully saturated rings. The van der Waals surface area contributed by atoms with E-state index < -0.39 is 0 Å². The monoisotopic (exact) mass is 198 g/mol. The molecule has 0 spiro atoms. The summed E-state index contributed by atoms with van der Waals surface area (Å²) in [6.07, 6.45) is 0. The topological polar surface area (TPSA) is 59.1 Å². The molecule has 0 aliphatic rings. The largest absolute Gasteiger partial charge is 0.484 e. The average Bonchev–Trinajstić information content (AvgIpc) is 2.02. The van der Waals surface area contributed by atoms with Crippen LogP contribution >= 0.6 is 11.6 Å². The van der Waals surface area contributed by atoms with Gasteiger partial charge < -0.3 is 10.5 Å². The van der Waals surface area contributed by atoms with Crippen LogP contribution in [0.2, 0.25) is 5.02 Å². The molecule has 1 aromatic rings. The average molecular weight is 199 g/mol. The van der Waals surface area contributed by atoms with Crippen molar-refractivity contribution in [1.82, 2.24) is 0 Å². The number of nitrogens with one attached hydrogen (secondary N) is 1. The zero-order valence-corrected chi connectivity index (χ0v) is 8.06. The van der Waals surface area contributed by atoms with Gasteiger partial charge in [0.05, 0.1) is 5.02 Å². The van der Waals surface area contributed by atoms with E-state index in [1.807, 2.05) is 13.0 Å². The zero-order chi connectivity index (χ0) is 9.84. The van der Waals surface area contributed by atoms with E-state index in [2.05, 4.69) is 0 Å². The molecule has 0 aliphatic carbocycles. The van der Waals surface area contributed by atoms with Crippen molar-refractivity contribution < 1.29 is 4.74 Å². The van der Waals surface area contributed by atoms with E-state index in [1.54, 1.807) is 12.1 Å². The number of hydrogen-bond acceptors (Lipinski definition) is 2. The first-order valence-electron chi connectivity index (χ1n) is 3.81. The Balaban J connectivity index is 2.72. The third kappa shape index (κ3) is 2.95. The summed E-state index contributed by atoms with van der Waals surface area (Å²) in [5.74, 6) is 0.541. The second kappa shape index (κ2) is 4.14. The lowest BCUT2D eigenvalue weighted by molar-refractivity contribution is 0.374. The van der Waals surface area contributed by atoms with Gasteiger partial charge in [-0.3, -0.25) is 5.41 Å². The highest BCUT2D eigenvalue weighted by Crippen LogP contribution is 2.24. The molecule has 1 aromatic carbocycles. The fourth-order valence-electron chi connectivity index (χ4n) is 0.878. The van der Waals surface area contributed by atoms with Crippen LogP contribution in [0.15, 0.2) is 18.2 Å². The van der Waals surface area contributed by atoms with Crippen molar-refractivity contribution in [1.29, 1.82) is 5.41 Å². The smallest absolute Gasteiger partial charge is 0.145 e. The Labute approximate surface area is 82.0 Å². The highest BCUT2D eigenvalue weighted by atomic mass is 35.5. The molecule has 0 bridgehead atoms. The van der Waals surface area contributed by atoms with E-state index in [-0.39, 0.29) is 12.4 Å². The Kier molecular flexibility index (Phi) is 3.14. The molecular weight excluding hydrogens is 188 g/mol. The summed E-state index contributed by atoms with van der Waals surface area (Å²) in [6.45, 7) is 2.02. The molecule has 0 unspecified atom stereocenters. The van der Waals surface area contributed by atoms with Crippen molar-refractivity contribution in [3.63, 3.8) is 0 Å². The lowest BCUT2D eigenvalue weighted by Crippen LogP contribution is -2.19. The SMILES string of the molecule is Cc1ccc(OCC(=N)N)c(Cl)c1. The molecule has 0 saturated carbocycles. The molecule has 0 aliphatic heterocycles. The van der Waals surface area contributed by atoms with Crippen LogP contribution in [0.5, 0.6) is 5.75 Å². The van der Waals surface area contributed by atoms with Crippen molar-refractivity contribution in [2.24, 2.45) is 5.73 Å². The Morgan fingerprint density at radius 2 is 2.31 bits per heavy atom. The summed E-state index contributed by atoms with van der Waals surface area (Å²) < 4.78 is 5.17. The number of benzene rings is 1. The maximum Gasteiger partial charge on any atom is 0.145 e. The summed E-state index contributed by atoms with van der Waals surface area (Å²) in [6, 6.07) is 5.46. The van der Waals surface area contributed by atoms with Gasteiger partial charge in [0.2, 0.25) is 0 Å². The van der Waals surface area contributed by atoms with Crippen LogP contribution < -0.4 is 10.5 Å². The zero-order valence-electron chi connectivity index (χ0n) is 7.30. The van der Waals surface area contributed by atoms with Crippen LogP contribution in [0.4, 0.5) is 0 Å². The Morgan fingerprint density at radius 3 is 2.85 bits per heavy atom. The molecule has 3 N–H and O–H groups in total. The van der Waals surface area contributed by atoms with E-state index >= 15 is 0 Å². The Hall–Kier alpha value is -1.22. The van der Waals surface area contributed by atoms with Gasteiger partial charge in [-0.1, -0.05) is 17.7 Å². The van der Waals surface area contributed by atoms with E-state index in [1.165, 1.54) is 0 Å². The van der Waals surface area contributed by atoms with Gasteiger partial charge in [0.15, 0.2) is 0 Å². The molecule has 1 rings (SSSR count). The van der Waals surface area contributed by atoms with Gasteiger partial charge in [-0.25, -0.2) is 0 Å². The minimum atomic E-state index is -0.0170. The number of nitrogens with two attached hydrogens (primary N) is 1. The van der Waals surface area contributed by atoms with Crippen molar-refractivity contribution in [2.75, 3.05) is 6.61 Å². The molecule has 0 atom stereocenters. The van der Waals surface area contributed by atoms with Gasteiger partial charge in [-0.05, 0) is 24.6 Å². The lowest BCUT2D eigenvalue weighted by atomic mass is 10.2. The quantitative estimate of drug-likeness (QED) is 0.576. The second-order valence-corrected chi connectivity index (χ2v) is 3.15. The molecule has 0 aromatic heterocycles. The van der Waals surface area contributed by atoms with E-state index in [9.17, 15) is 0 Å². The summed E-state index contributed by atoms with van der Waals surface area (Å²) in [7, 11) is 0. The number of aryl methyl sites for hydroxylation is 1. The predicted molar refractivity (Wildman–Crippen MR) is 53.6 cm³/mol. The minimum Gasteiger partial charge on any atom is -0.484 e. The third-order valence-electron chi connectivity index (χ3n) is 1.47. The normalized spacial score (nSPS) is 9.69. The number of ether oxygens (including phenoxy) is 1. The molecule has 0 amide bonds. The molecule has 13 heavy (non-hydrogen) atoms. The maximum absolute atomic E-state index is 6.97. The summed E-state index contributed by atoms with van der Waals surface area (Å²) in [4.78, 5) is 0. The molecule has 0 heterocycles. The van der Waals surface area contributed by atoms with Crippen molar-refractivity contribution >= 4 is 17.4 Å². The Bertz CT molecular complexity index is 325. The van der Waals surface area contributed by atoms with Crippen molar-refractivity contribution in [3.05, 3.63) is 28.8 Å². The molecule has 70 valence electrons. The fraction of sp³-hybridized carbons (Fsp3) is 0.222. The van der Waals surface area contributed by atoms with Crippen molar-refractivity contribution in [2.45, 2.75) is 6.92 Å². The second-order valence-electron chi connectivity index (χ2n) is 2.75. The first kappa shape index (κ1) is 9.86. The number of amidine groups is 1. The van der Waals surface area contributed by atoms with Crippen molar-refractivity contribution in [3.8, 4) is 5.75 Å².